The van der Waals surface area contributed by atoms with E-state index in [-0.39, 0.29) is 0 Å². The average molecular weight is 258 g/mol. The van der Waals surface area contributed by atoms with Crippen LogP contribution in [0.4, 0.5) is 0 Å². The summed E-state index contributed by atoms with van der Waals surface area (Å²) < 4.78 is 3.01. The second-order valence-electron chi connectivity index (χ2n) is 5.30. The van der Waals surface area contributed by atoms with Crippen molar-refractivity contribution in [1.29, 1.82) is 0 Å². The Balaban J connectivity index is 0. The van der Waals surface area contributed by atoms with Crippen molar-refractivity contribution >= 4 is 55.9 Å². The van der Waals surface area contributed by atoms with Crippen LogP contribution in [0.3, 0.4) is 0 Å². The summed E-state index contributed by atoms with van der Waals surface area (Å²) >= 11 is 2.79. The van der Waals surface area contributed by atoms with E-state index >= 15 is 0 Å². The first-order valence-electron chi connectivity index (χ1n) is 8.19. The zero-order valence-corrected chi connectivity index (χ0v) is 17.5. The SMILES string of the molecule is CCCC(CC)[CH2][Na].CCCCC(CC)[CH2][Na]. The van der Waals surface area contributed by atoms with Gasteiger partial charge in [-0.15, -0.1) is 0 Å². The van der Waals surface area contributed by atoms with Crippen LogP contribution < -0.4 is 0 Å². The average Bonchev–Trinajstić information content (AvgIpc) is 2.38. The van der Waals surface area contributed by atoms with Gasteiger partial charge in [0.15, 0.2) is 0 Å². The van der Waals surface area contributed by atoms with Crippen LogP contribution in [0, 0.1) is 11.8 Å². The van der Waals surface area contributed by atoms with Gasteiger partial charge in [0.1, 0.15) is 0 Å². The Hall–Kier alpha value is 2.00. The Morgan fingerprint density at radius 3 is 1.41 bits per heavy atom. The third kappa shape index (κ3) is 15.9. The zero-order chi connectivity index (χ0) is 13.5. The molecule has 17 heavy (non-hydrogen) atoms. The summed E-state index contributed by atoms with van der Waals surface area (Å²) in [5, 5.41) is 0. The van der Waals surface area contributed by atoms with Gasteiger partial charge in [-0.1, -0.05) is 0 Å². The van der Waals surface area contributed by atoms with Gasteiger partial charge < -0.3 is 0 Å². The Bertz CT molecular complexity index is 118. The molecule has 2 atom stereocenters. The summed E-state index contributed by atoms with van der Waals surface area (Å²) in [5.41, 5.74) is 0. The van der Waals surface area contributed by atoms with E-state index in [9.17, 15) is 0 Å². The Kier molecular flexibility index (Phi) is 22.6. The fourth-order valence-electron chi connectivity index (χ4n) is 2.29. The second-order valence-corrected chi connectivity index (χ2v) is 6.93. The van der Waals surface area contributed by atoms with E-state index in [1.165, 1.54) is 108 Å². The van der Waals surface area contributed by atoms with Gasteiger partial charge in [-0.2, -0.15) is 0 Å². The van der Waals surface area contributed by atoms with Gasteiger partial charge in [-0.25, -0.2) is 0 Å². The summed E-state index contributed by atoms with van der Waals surface area (Å²) in [7, 11) is 0. The molecule has 2 unspecified atom stereocenters. The molecule has 0 N–H and O–H groups in total. The van der Waals surface area contributed by atoms with Gasteiger partial charge in [0.05, 0.1) is 0 Å². The monoisotopic (exact) mass is 258 g/mol. The van der Waals surface area contributed by atoms with Crippen LogP contribution in [-0.2, 0) is 0 Å². The van der Waals surface area contributed by atoms with Crippen LogP contribution >= 0.6 is 0 Å². The molecule has 0 aromatic carbocycles. The van der Waals surface area contributed by atoms with Gasteiger partial charge in [0.2, 0.25) is 0 Å². The predicted molar refractivity (Wildman–Crippen MR) is 83.1 cm³/mol. The second kappa shape index (κ2) is 18.0. The fraction of sp³-hybridized carbons (Fsp3) is 1.00. The van der Waals surface area contributed by atoms with Gasteiger partial charge in [0, 0.05) is 0 Å². The quantitative estimate of drug-likeness (QED) is 0.499. The van der Waals surface area contributed by atoms with Crippen molar-refractivity contribution in [2.75, 3.05) is 0 Å². The minimum absolute atomic E-state index is 1.06. The molecule has 0 aliphatic rings. The maximum absolute atomic E-state index is 2.32. The Morgan fingerprint density at radius 2 is 1.18 bits per heavy atom. The van der Waals surface area contributed by atoms with Crippen molar-refractivity contribution < 1.29 is 0 Å². The number of rotatable bonds is 9. The van der Waals surface area contributed by atoms with E-state index in [0.29, 0.717) is 0 Å². The summed E-state index contributed by atoms with van der Waals surface area (Å²) in [6.07, 6.45) is 9.94. The Morgan fingerprint density at radius 1 is 0.706 bits per heavy atom. The van der Waals surface area contributed by atoms with E-state index in [4.69, 9.17) is 0 Å². The molecule has 0 fully saturated rings. The summed E-state index contributed by atoms with van der Waals surface area (Å²) in [6.45, 7) is 9.18. The van der Waals surface area contributed by atoms with Crippen LogP contribution in [0.25, 0.3) is 0 Å². The van der Waals surface area contributed by atoms with Gasteiger partial charge >= 0.3 is 148 Å². The van der Waals surface area contributed by atoms with Gasteiger partial charge in [-0.05, 0) is 0 Å². The van der Waals surface area contributed by atoms with Crippen LogP contribution in [0.2, 0.25) is 7.34 Å². The first-order chi connectivity index (χ1) is 8.19. The Labute approximate surface area is 146 Å². The van der Waals surface area contributed by atoms with Crippen LogP contribution in [0.15, 0.2) is 0 Å². The van der Waals surface area contributed by atoms with Gasteiger partial charge in [0.25, 0.3) is 0 Å². The van der Waals surface area contributed by atoms with E-state index in [0.717, 1.165) is 11.8 Å². The molecule has 0 spiro atoms. The van der Waals surface area contributed by atoms with Crippen LogP contribution in [0.1, 0.15) is 72.6 Å². The maximum atomic E-state index is 2.32. The van der Waals surface area contributed by atoms with E-state index < -0.39 is 0 Å². The normalized spacial score (nSPS) is 13.9. The topological polar surface area (TPSA) is 0 Å². The number of hydrogen-bond donors (Lipinski definition) is 0. The van der Waals surface area contributed by atoms with Crippen LogP contribution in [0.5, 0.6) is 0 Å². The van der Waals surface area contributed by atoms with Crippen molar-refractivity contribution in [2.45, 2.75) is 80.0 Å². The predicted octanol–water partition coefficient (Wildman–Crippen LogP) is 5.19. The standard InChI is InChI=1S/C8H17.C7H15.2Na/c1-4-6-7-8(3)5-2;1-4-6-7(3)5-2;;/h8H,3-7H2,1-2H3;7H,3-6H2,1-2H3;;. The molecule has 0 radical (unpaired) electrons. The van der Waals surface area contributed by atoms with E-state index in [1.54, 1.807) is 0 Å². The molecule has 0 heterocycles. The third-order valence-electron chi connectivity index (χ3n) is 3.97. The molecule has 2 heteroatoms. The first kappa shape index (κ1) is 21.3. The van der Waals surface area contributed by atoms with Crippen molar-refractivity contribution in [2.24, 2.45) is 11.8 Å². The van der Waals surface area contributed by atoms with Crippen molar-refractivity contribution in [3.8, 4) is 0 Å². The molecular weight excluding hydrogens is 226 g/mol. The van der Waals surface area contributed by atoms with Crippen molar-refractivity contribution in [3.05, 3.63) is 0 Å². The first-order valence-corrected chi connectivity index (χ1v) is 11.0. The third-order valence-corrected chi connectivity index (χ3v) is 6.28. The summed E-state index contributed by atoms with van der Waals surface area (Å²) in [5.74, 6) is 2.13. The fourth-order valence-corrected chi connectivity index (χ4v) is 4.27. The number of hydrogen-bond acceptors (Lipinski definition) is 0. The molecule has 94 valence electrons. The van der Waals surface area contributed by atoms with E-state index in [1.807, 2.05) is 0 Å². The molecule has 0 saturated heterocycles. The summed E-state index contributed by atoms with van der Waals surface area (Å²) in [4.78, 5) is 0. The molecule has 0 aliphatic carbocycles. The molecule has 0 rings (SSSR count). The molecule has 0 aromatic heterocycles. The van der Waals surface area contributed by atoms with E-state index in [2.05, 4.69) is 27.7 Å². The molecular formula is C15H32Na2. The molecule has 0 nitrogen and oxygen atoms in total. The number of unbranched alkanes of at least 4 members (excludes halogenated alkanes) is 1. The molecule has 0 saturated carbocycles. The molecule has 0 bridgehead atoms. The molecule has 0 aromatic rings. The van der Waals surface area contributed by atoms with Crippen molar-refractivity contribution in [1.82, 2.24) is 0 Å². The molecule has 0 amide bonds. The van der Waals surface area contributed by atoms with Crippen LogP contribution in [-0.4, -0.2) is 55.9 Å². The van der Waals surface area contributed by atoms with Gasteiger partial charge in [-0.3, -0.25) is 0 Å². The molecule has 0 aliphatic heterocycles. The minimum atomic E-state index is 1.06. The summed E-state index contributed by atoms with van der Waals surface area (Å²) in [6, 6.07) is 0. The zero-order valence-electron chi connectivity index (χ0n) is 13.5. The van der Waals surface area contributed by atoms with Crippen molar-refractivity contribution in [3.63, 3.8) is 0 Å².